The largest absolute Gasteiger partial charge is 0.492 e. The van der Waals surface area contributed by atoms with Gasteiger partial charge in [0.15, 0.2) is 5.82 Å². The number of aryl methyl sites for hydroxylation is 1. The third kappa shape index (κ3) is 13.2. The highest BCUT2D eigenvalue weighted by Gasteiger charge is 2.36. The average Bonchev–Trinajstić information content (AvgIpc) is 3.30. The second-order valence-corrected chi connectivity index (χ2v) is 18.0. The molecule has 5 rings (SSSR count). The number of nitrogens with zero attached hydrogens (tertiary/aromatic N) is 3. The molecule has 0 spiro atoms. The molecule has 2 heterocycles. The van der Waals surface area contributed by atoms with Crippen LogP contribution in [-0.2, 0) is 35.8 Å². The number of hydrogen-bond acceptors (Lipinski definition) is 14. The van der Waals surface area contributed by atoms with E-state index in [1.807, 2.05) is 24.3 Å². The summed E-state index contributed by atoms with van der Waals surface area (Å²) in [5.74, 6) is -2.19. The highest BCUT2D eigenvalue weighted by Crippen LogP contribution is 2.40. The third-order valence-corrected chi connectivity index (χ3v) is 11.7. The lowest BCUT2D eigenvalue weighted by Gasteiger charge is -2.32. The topological polar surface area (TPSA) is 276 Å². The summed E-state index contributed by atoms with van der Waals surface area (Å²) in [6.45, 7) is 9.86. The Morgan fingerprint density at radius 2 is 1.54 bits per heavy atom. The Labute approximate surface area is 395 Å². The molecule has 0 radical (unpaired) electrons. The fourth-order valence-corrected chi connectivity index (χ4v) is 7.64. The van der Waals surface area contributed by atoms with Crippen LogP contribution in [0, 0.1) is 6.92 Å². The molecular weight excluding hydrogens is 877 g/mol. The number of ether oxygens (including phenoxy) is 2. The van der Waals surface area contributed by atoms with E-state index in [0.29, 0.717) is 45.3 Å². The smallest absolute Gasteiger partial charge is 0.255 e. The molecule has 4 bridgehead atoms. The minimum absolute atomic E-state index is 0.00206. The number of thioether (sulfide) groups is 1. The lowest BCUT2D eigenvalue weighted by atomic mass is 9.87. The van der Waals surface area contributed by atoms with Gasteiger partial charge in [-0.15, -0.1) is 0 Å². The third-order valence-electron chi connectivity index (χ3n) is 11.1. The number of likely N-dealkylation sites (N-methyl/N-ethyl adjacent to an activating group) is 1. The molecule has 0 saturated heterocycles. The van der Waals surface area contributed by atoms with Crippen LogP contribution in [0.3, 0.4) is 0 Å². The van der Waals surface area contributed by atoms with Gasteiger partial charge in [-0.05, 0) is 79.4 Å². The Hall–Kier alpha value is -6.41. The summed E-state index contributed by atoms with van der Waals surface area (Å²) in [7, 11) is 1.41. The summed E-state index contributed by atoms with van der Waals surface area (Å²) < 4.78 is 12.2. The zero-order chi connectivity index (χ0) is 49.0. The summed E-state index contributed by atoms with van der Waals surface area (Å²) in [4.78, 5) is 93.0. The molecule has 19 heteroatoms. The number of benzene rings is 3. The first kappa shape index (κ1) is 51.6. The van der Waals surface area contributed by atoms with Gasteiger partial charge in [0, 0.05) is 49.4 Å². The van der Waals surface area contributed by atoms with E-state index in [0.717, 1.165) is 22.9 Å². The minimum atomic E-state index is -1.41. The van der Waals surface area contributed by atoms with Crippen LogP contribution in [0.15, 0.2) is 66.9 Å². The molecule has 0 unspecified atom stereocenters. The summed E-state index contributed by atoms with van der Waals surface area (Å²) >= 11 is 0.949. The quantitative estimate of drug-likeness (QED) is 0.0850. The molecule has 1 aromatic heterocycles. The fraction of sp³-hybridized carbons (Fsp3) is 0.417. The van der Waals surface area contributed by atoms with Crippen LogP contribution >= 0.6 is 11.8 Å². The number of fused-ring (bicyclic) bond motifs is 5. The highest BCUT2D eigenvalue weighted by atomic mass is 32.2. The van der Waals surface area contributed by atoms with Crippen LogP contribution < -0.4 is 47.9 Å². The number of aromatic nitrogens is 2. The number of carbonyl (C=O) groups is 6. The van der Waals surface area contributed by atoms with Crippen LogP contribution in [0.5, 0.6) is 11.5 Å². The molecule has 18 nitrogen and oxygen atoms in total. The van der Waals surface area contributed by atoms with Crippen LogP contribution in [0.25, 0.3) is 22.5 Å². The fourth-order valence-electron chi connectivity index (χ4n) is 7.42. The molecule has 3 aromatic carbocycles. The maximum Gasteiger partial charge on any atom is 0.255 e. The van der Waals surface area contributed by atoms with Crippen LogP contribution in [0.1, 0.15) is 72.9 Å². The van der Waals surface area contributed by atoms with Gasteiger partial charge in [-0.3, -0.25) is 28.8 Å². The molecule has 4 atom stereocenters. The van der Waals surface area contributed by atoms with E-state index < -0.39 is 53.7 Å². The molecule has 1 aliphatic heterocycles. The van der Waals surface area contributed by atoms with Gasteiger partial charge in [-0.2, -0.15) is 0 Å². The number of hydrogen-bond donors (Lipinski definition) is 7. The van der Waals surface area contributed by atoms with Crippen molar-refractivity contribution in [3.05, 3.63) is 94.8 Å². The SMILES string of the molecule is CSC(=O)CNC(=O)[C@@H]1Cc2ccc(OCCN)c(c2)-c2cc(ccc2OCCN)[C@H](N(C)C(=O)[C@H](CCN)NC(=O)c2cnc(-c3ccc(C(C)(C)C)cc3)nc2C)C(=O)N[C@@H](C)C(=O)N1. The van der Waals surface area contributed by atoms with E-state index in [1.54, 1.807) is 49.6 Å². The van der Waals surface area contributed by atoms with Gasteiger partial charge >= 0.3 is 0 Å². The number of nitrogens with two attached hydrogens (primary N) is 3. The van der Waals surface area contributed by atoms with Gasteiger partial charge in [0.1, 0.15) is 48.9 Å². The highest BCUT2D eigenvalue weighted by molar-refractivity contribution is 8.13. The first-order valence-corrected chi connectivity index (χ1v) is 23.2. The second kappa shape index (κ2) is 23.4. The van der Waals surface area contributed by atoms with Crippen molar-refractivity contribution in [1.29, 1.82) is 0 Å². The molecule has 0 aliphatic carbocycles. The van der Waals surface area contributed by atoms with Gasteiger partial charge in [-0.25, -0.2) is 9.97 Å². The van der Waals surface area contributed by atoms with E-state index in [1.165, 1.54) is 25.1 Å². The van der Waals surface area contributed by atoms with Gasteiger partial charge < -0.3 is 52.8 Å². The van der Waals surface area contributed by atoms with Crippen molar-refractivity contribution in [2.75, 3.05) is 52.7 Å². The Morgan fingerprint density at radius 1 is 0.896 bits per heavy atom. The maximum atomic E-state index is 14.7. The van der Waals surface area contributed by atoms with Crippen molar-refractivity contribution in [3.8, 4) is 34.0 Å². The van der Waals surface area contributed by atoms with Gasteiger partial charge in [0.25, 0.3) is 5.91 Å². The van der Waals surface area contributed by atoms with Crippen LogP contribution in [0.2, 0.25) is 0 Å². The van der Waals surface area contributed by atoms with Crippen molar-refractivity contribution in [2.45, 2.75) is 77.0 Å². The summed E-state index contributed by atoms with van der Waals surface area (Å²) in [5.41, 5.74) is 22.0. The van der Waals surface area contributed by atoms with Crippen molar-refractivity contribution in [1.82, 2.24) is 36.1 Å². The van der Waals surface area contributed by atoms with E-state index in [4.69, 9.17) is 26.7 Å². The molecule has 4 aromatic rings. The lowest BCUT2D eigenvalue weighted by molar-refractivity contribution is -0.141. The molecule has 5 amide bonds. The Kier molecular flexibility index (Phi) is 18.0. The molecule has 67 heavy (non-hydrogen) atoms. The monoisotopic (exact) mass is 938 g/mol. The van der Waals surface area contributed by atoms with Crippen molar-refractivity contribution >= 4 is 46.4 Å². The average molecular weight is 939 g/mol. The predicted octanol–water partition coefficient (Wildman–Crippen LogP) is 2.29. The molecule has 1 aliphatic rings. The van der Waals surface area contributed by atoms with Crippen LogP contribution in [0.4, 0.5) is 0 Å². The Morgan fingerprint density at radius 3 is 2.13 bits per heavy atom. The van der Waals surface area contributed by atoms with E-state index in [2.05, 4.69) is 52.0 Å². The Balaban J connectivity index is 1.55. The molecule has 0 fully saturated rings. The van der Waals surface area contributed by atoms with Gasteiger partial charge in [-0.1, -0.05) is 68.9 Å². The number of rotatable bonds is 16. The minimum Gasteiger partial charge on any atom is -0.492 e. The first-order chi connectivity index (χ1) is 31.9. The molecule has 10 N–H and O–H groups in total. The number of amides is 5. The summed E-state index contributed by atoms with van der Waals surface area (Å²) in [6.07, 6.45) is 2.99. The predicted molar refractivity (Wildman–Crippen MR) is 257 cm³/mol. The second-order valence-electron chi connectivity index (χ2n) is 17.1. The van der Waals surface area contributed by atoms with Crippen molar-refractivity contribution < 1.29 is 38.2 Å². The van der Waals surface area contributed by atoms with Crippen molar-refractivity contribution in [3.63, 3.8) is 0 Å². The number of nitrogens with one attached hydrogen (secondary N) is 4. The molecule has 358 valence electrons. The number of carbonyl (C=O) groups excluding carboxylic acids is 6. The zero-order valence-electron chi connectivity index (χ0n) is 39.1. The zero-order valence-corrected chi connectivity index (χ0v) is 39.9. The first-order valence-electron chi connectivity index (χ1n) is 22.0. The summed E-state index contributed by atoms with van der Waals surface area (Å²) in [6, 6.07) is 13.0. The molecule has 0 saturated carbocycles. The Bertz CT molecular complexity index is 2440. The lowest BCUT2D eigenvalue weighted by Crippen LogP contribution is -2.56. The van der Waals surface area contributed by atoms with Gasteiger partial charge in [0.2, 0.25) is 28.7 Å². The molecular formula is C48H62N10O8S. The van der Waals surface area contributed by atoms with Crippen LogP contribution in [-0.4, -0.2) is 120 Å². The summed E-state index contributed by atoms with van der Waals surface area (Å²) in [5, 5.41) is 10.5. The van der Waals surface area contributed by atoms with E-state index >= 15 is 0 Å². The van der Waals surface area contributed by atoms with E-state index in [9.17, 15) is 28.8 Å². The normalized spacial score (nSPS) is 16.7. The maximum absolute atomic E-state index is 14.7. The van der Waals surface area contributed by atoms with Crippen molar-refractivity contribution in [2.24, 2.45) is 17.2 Å². The standard InChI is InChI=1S/C48H62N10O8S/c1-27-35(25-52-42(54-27)30-9-12-32(13-10-30)48(3,4)5)44(61)56-36(16-17-49)47(64)58(6)41-31-11-15-39(66-21-19-51)34(24-31)33-22-29(8-14-38(33)65-20-18-50)23-37(45(62)53-26-40(59)67-7)57-43(60)28(2)55-46(41)63/h8-15,22,24-25,28,36-37,41H,16-21,23,26,49-51H2,1-7H3,(H,53,62)(H,55,63)(H,56,61)(H,57,60)/t28-,36-,37-,41-/m0/s1. The van der Waals surface area contributed by atoms with E-state index in [-0.39, 0.29) is 68.3 Å². The van der Waals surface area contributed by atoms with Gasteiger partial charge in [0.05, 0.1) is 17.8 Å².